The normalized spacial score (nSPS) is 18.2. The summed E-state index contributed by atoms with van der Waals surface area (Å²) < 4.78 is 12.5. The first-order chi connectivity index (χ1) is 15.1. The molecular formula is C25H28N2O3S. The molecule has 6 heteroatoms. The molecule has 0 N–H and O–H groups in total. The van der Waals surface area contributed by atoms with Crippen molar-refractivity contribution in [2.75, 3.05) is 25.2 Å². The monoisotopic (exact) mass is 436 g/mol. The molecule has 5 rings (SSSR count). The quantitative estimate of drug-likeness (QED) is 0.543. The number of methoxy groups -OCH3 is 1. The molecule has 2 aliphatic rings. The minimum atomic E-state index is -0.000417. The van der Waals surface area contributed by atoms with Gasteiger partial charge in [0.1, 0.15) is 11.3 Å². The smallest absolute Gasteiger partial charge is 0.260 e. The zero-order valence-corrected chi connectivity index (χ0v) is 19.0. The second-order valence-electron chi connectivity index (χ2n) is 8.50. The maximum Gasteiger partial charge on any atom is 0.260 e. The predicted molar refractivity (Wildman–Crippen MR) is 125 cm³/mol. The standard InChI is InChI=1S/C25H28N2O3S/c1-16-9-12-21(29-2)22-23(16)31-25(26-22)27(15-20-8-5-13-30-20)24(28)19-11-10-17-6-3-4-7-18(17)14-19/h9-12,14,20H,3-8,13,15H2,1-2H3. The van der Waals surface area contributed by atoms with Crippen molar-refractivity contribution >= 4 is 32.6 Å². The van der Waals surface area contributed by atoms with Crippen LogP contribution >= 0.6 is 11.3 Å². The van der Waals surface area contributed by atoms with Gasteiger partial charge in [-0.15, -0.1) is 0 Å². The van der Waals surface area contributed by atoms with Gasteiger partial charge < -0.3 is 9.47 Å². The van der Waals surface area contributed by atoms with Crippen LogP contribution in [0, 0.1) is 6.92 Å². The molecule has 2 heterocycles. The molecule has 0 saturated carbocycles. The summed E-state index contributed by atoms with van der Waals surface area (Å²) in [6, 6.07) is 10.2. The van der Waals surface area contributed by atoms with Gasteiger partial charge in [-0.05, 0) is 80.3 Å². The van der Waals surface area contributed by atoms with Gasteiger partial charge >= 0.3 is 0 Å². The molecule has 31 heavy (non-hydrogen) atoms. The van der Waals surface area contributed by atoms with E-state index in [9.17, 15) is 4.79 Å². The fraction of sp³-hybridized carbons (Fsp3) is 0.440. The number of amides is 1. The molecule has 1 fully saturated rings. The van der Waals surface area contributed by atoms with Crippen molar-refractivity contribution in [1.82, 2.24) is 4.98 Å². The lowest BCUT2D eigenvalue weighted by atomic mass is 9.90. The summed E-state index contributed by atoms with van der Waals surface area (Å²) >= 11 is 1.56. The van der Waals surface area contributed by atoms with Gasteiger partial charge in [0, 0.05) is 12.2 Å². The van der Waals surface area contributed by atoms with Crippen molar-refractivity contribution in [3.05, 3.63) is 52.6 Å². The molecule has 1 atom stereocenters. The highest BCUT2D eigenvalue weighted by Crippen LogP contribution is 2.37. The number of rotatable bonds is 5. The zero-order chi connectivity index (χ0) is 21.4. The molecule has 0 bridgehead atoms. The molecule has 1 amide bonds. The third-order valence-electron chi connectivity index (χ3n) is 6.39. The molecule has 1 aromatic heterocycles. The summed E-state index contributed by atoms with van der Waals surface area (Å²) in [4.78, 5) is 20.4. The lowest BCUT2D eigenvalue weighted by molar-refractivity contribution is 0.0917. The highest BCUT2D eigenvalue weighted by atomic mass is 32.1. The van der Waals surface area contributed by atoms with E-state index in [0.29, 0.717) is 11.7 Å². The maximum absolute atomic E-state index is 13.7. The van der Waals surface area contributed by atoms with Crippen molar-refractivity contribution < 1.29 is 14.3 Å². The van der Waals surface area contributed by atoms with Crippen molar-refractivity contribution in [1.29, 1.82) is 0 Å². The molecular weight excluding hydrogens is 408 g/mol. The number of hydrogen-bond donors (Lipinski definition) is 0. The number of aromatic nitrogens is 1. The molecule has 1 unspecified atom stereocenters. The number of fused-ring (bicyclic) bond motifs is 2. The van der Waals surface area contributed by atoms with E-state index >= 15 is 0 Å². The number of carbonyl (C=O) groups excluding carboxylic acids is 1. The number of thiazole rings is 1. The van der Waals surface area contributed by atoms with Crippen molar-refractivity contribution in [3.8, 4) is 5.75 Å². The molecule has 0 radical (unpaired) electrons. The lowest BCUT2D eigenvalue weighted by Gasteiger charge is -2.24. The largest absolute Gasteiger partial charge is 0.494 e. The van der Waals surface area contributed by atoms with Gasteiger partial charge in [0.15, 0.2) is 5.13 Å². The summed E-state index contributed by atoms with van der Waals surface area (Å²) in [5.74, 6) is 0.737. The fourth-order valence-corrected chi connectivity index (χ4v) is 5.70. The molecule has 162 valence electrons. The highest BCUT2D eigenvalue weighted by molar-refractivity contribution is 7.22. The van der Waals surface area contributed by atoms with Crippen LogP contribution in [0.4, 0.5) is 5.13 Å². The Morgan fingerprint density at radius 2 is 2.03 bits per heavy atom. The Balaban J connectivity index is 1.55. The number of aryl methyl sites for hydroxylation is 3. The molecule has 5 nitrogen and oxygen atoms in total. The maximum atomic E-state index is 13.7. The number of nitrogens with zero attached hydrogens (tertiary/aromatic N) is 2. The van der Waals surface area contributed by atoms with E-state index < -0.39 is 0 Å². The van der Waals surface area contributed by atoms with Gasteiger partial charge in [-0.3, -0.25) is 9.69 Å². The highest BCUT2D eigenvalue weighted by Gasteiger charge is 2.28. The van der Waals surface area contributed by atoms with E-state index in [4.69, 9.17) is 14.5 Å². The summed E-state index contributed by atoms with van der Waals surface area (Å²) in [5, 5.41) is 0.709. The van der Waals surface area contributed by atoms with Crippen LogP contribution in [0.2, 0.25) is 0 Å². The van der Waals surface area contributed by atoms with Crippen LogP contribution in [-0.4, -0.2) is 37.3 Å². The van der Waals surface area contributed by atoms with E-state index in [2.05, 4.69) is 19.1 Å². The first-order valence-electron chi connectivity index (χ1n) is 11.1. The Morgan fingerprint density at radius 1 is 1.19 bits per heavy atom. The average molecular weight is 437 g/mol. The summed E-state index contributed by atoms with van der Waals surface area (Å²) in [6.45, 7) is 3.36. The zero-order valence-electron chi connectivity index (χ0n) is 18.1. The van der Waals surface area contributed by atoms with Gasteiger partial charge in [0.2, 0.25) is 0 Å². The fourth-order valence-electron chi connectivity index (χ4n) is 4.64. The molecule has 0 spiro atoms. The third kappa shape index (κ3) is 3.94. The minimum absolute atomic E-state index is 0.000417. The van der Waals surface area contributed by atoms with Crippen LogP contribution in [0.15, 0.2) is 30.3 Å². The van der Waals surface area contributed by atoms with Crippen LogP contribution < -0.4 is 9.64 Å². The van der Waals surface area contributed by atoms with Crippen molar-refractivity contribution in [2.45, 2.75) is 51.6 Å². The van der Waals surface area contributed by atoms with E-state index in [1.54, 1.807) is 18.4 Å². The first kappa shape index (κ1) is 20.5. The number of ether oxygens (including phenoxy) is 2. The van der Waals surface area contributed by atoms with Gasteiger partial charge in [-0.2, -0.15) is 0 Å². The summed E-state index contributed by atoms with van der Waals surface area (Å²) in [5.41, 5.74) is 5.39. The second kappa shape index (κ2) is 8.60. The number of carbonyl (C=O) groups is 1. The van der Waals surface area contributed by atoms with E-state index in [0.717, 1.165) is 59.4 Å². The Bertz CT molecular complexity index is 1120. The number of anilines is 1. The molecule has 2 aromatic carbocycles. The second-order valence-corrected chi connectivity index (χ2v) is 9.48. The Hall–Kier alpha value is -2.44. The first-order valence-corrected chi connectivity index (χ1v) is 11.9. The van der Waals surface area contributed by atoms with Gasteiger partial charge in [0.25, 0.3) is 5.91 Å². The molecule has 1 saturated heterocycles. The SMILES string of the molecule is COc1ccc(C)c2sc(N(CC3CCCO3)C(=O)c3ccc4c(c3)CCCC4)nc12. The minimum Gasteiger partial charge on any atom is -0.494 e. The van der Waals surface area contributed by atoms with E-state index in [-0.39, 0.29) is 12.0 Å². The van der Waals surface area contributed by atoms with Crippen molar-refractivity contribution in [2.24, 2.45) is 0 Å². The third-order valence-corrected chi connectivity index (χ3v) is 7.61. The van der Waals surface area contributed by atoms with Crippen molar-refractivity contribution in [3.63, 3.8) is 0 Å². The van der Waals surface area contributed by atoms with Crippen LogP contribution in [0.1, 0.15) is 52.7 Å². The molecule has 1 aliphatic heterocycles. The van der Waals surface area contributed by atoms with E-state index in [1.807, 2.05) is 23.1 Å². The molecule has 1 aliphatic carbocycles. The lowest BCUT2D eigenvalue weighted by Crippen LogP contribution is -2.37. The van der Waals surface area contributed by atoms with Crippen LogP contribution in [0.5, 0.6) is 5.75 Å². The average Bonchev–Trinajstić information content (AvgIpc) is 3.47. The summed E-state index contributed by atoms with van der Waals surface area (Å²) in [6.07, 6.45) is 6.66. The Labute approximate surface area is 187 Å². The van der Waals surface area contributed by atoms with Crippen LogP contribution in [0.3, 0.4) is 0 Å². The molecule has 3 aromatic rings. The Kier molecular flexibility index (Phi) is 5.67. The van der Waals surface area contributed by atoms with Gasteiger partial charge in [-0.25, -0.2) is 4.98 Å². The van der Waals surface area contributed by atoms with E-state index in [1.165, 1.54) is 24.0 Å². The summed E-state index contributed by atoms with van der Waals surface area (Å²) in [7, 11) is 1.66. The van der Waals surface area contributed by atoms with Crippen LogP contribution in [-0.2, 0) is 17.6 Å². The number of hydrogen-bond acceptors (Lipinski definition) is 5. The Morgan fingerprint density at radius 3 is 2.81 bits per heavy atom. The van der Waals surface area contributed by atoms with Crippen LogP contribution in [0.25, 0.3) is 10.2 Å². The topological polar surface area (TPSA) is 51.7 Å². The van der Waals surface area contributed by atoms with Gasteiger partial charge in [0.05, 0.1) is 24.5 Å². The van der Waals surface area contributed by atoms with Gasteiger partial charge in [-0.1, -0.05) is 23.5 Å². The predicted octanol–water partition coefficient (Wildman–Crippen LogP) is 5.32. The number of benzene rings is 2.